The normalized spacial score (nSPS) is 11.1. The zero-order chi connectivity index (χ0) is 11.1. The first-order valence-electron chi connectivity index (χ1n) is 5.18. The van der Waals surface area contributed by atoms with Gasteiger partial charge in [-0.2, -0.15) is 5.10 Å². The molecular weight excluding hydrogens is 200 g/mol. The number of nitrogens with one attached hydrogen (secondary N) is 1. The fraction of sp³-hybridized carbons (Fsp3) is 0.167. The van der Waals surface area contributed by atoms with E-state index < -0.39 is 0 Å². The van der Waals surface area contributed by atoms with Crippen molar-refractivity contribution in [3.63, 3.8) is 0 Å². The van der Waals surface area contributed by atoms with Crippen molar-refractivity contribution in [3.8, 4) is 11.1 Å². The van der Waals surface area contributed by atoms with E-state index in [-0.39, 0.29) is 0 Å². The molecule has 4 nitrogen and oxygen atoms in total. The zero-order valence-corrected chi connectivity index (χ0v) is 9.23. The van der Waals surface area contributed by atoms with Gasteiger partial charge in [0.25, 0.3) is 0 Å². The summed E-state index contributed by atoms with van der Waals surface area (Å²) < 4.78 is 1.80. The molecule has 2 heterocycles. The molecular formula is C12H12N4. The second-order valence-corrected chi connectivity index (χ2v) is 3.96. The van der Waals surface area contributed by atoms with Crippen molar-refractivity contribution in [3.05, 3.63) is 36.4 Å². The van der Waals surface area contributed by atoms with Gasteiger partial charge in [0.15, 0.2) is 0 Å². The van der Waals surface area contributed by atoms with Crippen LogP contribution in [-0.2, 0) is 7.05 Å². The fourth-order valence-corrected chi connectivity index (χ4v) is 1.89. The molecule has 0 bridgehead atoms. The molecule has 0 saturated heterocycles. The van der Waals surface area contributed by atoms with Crippen LogP contribution in [0, 0.1) is 6.92 Å². The summed E-state index contributed by atoms with van der Waals surface area (Å²) in [5.74, 6) is 0.943. The van der Waals surface area contributed by atoms with E-state index in [2.05, 4.69) is 27.2 Å². The monoisotopic (exact) mass is 212 g/mol. The Balaban J connectivity index is 2.17. The quantitative estimate of drug-likeness (QED) is 0.672. The van der Waals surface area contributed by atoms with Crippen LogP contribution in [0.15, 0.2) is 30.6 Å². The molecule has 0 amide bonds. The van der Waals surface area contributed by atoms with Crippen LogP contribution in [0.1, 0.15) is 5.82 Å². The van der Waals surface area contributed by atoms with Gasteiger partial charge < -0.3 is 4.98 Å². The molecule has 0 saturated carbocycles. The lowest BCUT2D eigenvalue weighted by Gasteiger charge is -1.96. The van der Waals surface area contributed by atoms with Crippen LogP contribution in [0.4, 0.5) is 0 Å². The summed E-state index contributed by atoms with van der Waals surface area (Å²) in [6.07, 6.45) is 3.87. The predicted molar refractivity (Wildman–Crippen MR) is 63.0 cm³/mol. The lowest BCUT2D eigenvalue weighted by atomic mass is 10.1. The second kappa shape index (κ2) is 3.20. The summed E-state index contributed by atoms with van der Waals surface area (Å²) in [5, 5.41) is 4.17. The number of benzene rings is 1. The smallest absolute Gasteiger partial charge is 0.104 e. The van der Waals surface area contributed by atoms with E-state index in [1.54, 1.807) is 4.68 Å². The highest BCUT2D eigenvalue weighted by Crippen LogP contribution is 2.22. The molecule has 0 aliphatic heterocycles. The van der Waals surface area contributed by atoms with Crippen LogP contribution < -0.4 is 0 Å². The van der Waals surface area contributed by atoms with E-state index in [0.717, 1.165) is 28.0 Å². The van der Waals surface area contributed by atoms with Crippen LogP contribution in [0.2, 0.25) is 0 Å². The van der Waals surface area contributed by atoms with E-state index in [1.165, 1.54) is 0 Å². The highest BCUT2D eigenvalue weighted by molar-refractivity contribution is 5.81. The molecule has 16 heavy (non-hydrogen) atoms. The molecule has 2 aromatic heterocycles. The molecule has 3 rings (SSSR count). The molecule has 4 heteroatoms. The Hall–Kier alpha value is -2.10. The van der Waals surface area contributed by atoms with E-state index >= 15 is 0 Å². The fourth-order valence-electron chi connectivity index (χ4n) is 1.89. The molecule has 0 atom stereocenters. The Morgan fingerprint density at radius 3 is 2.88 bits per heavy atom. The van der Waals surface area contributed by atoms with Crippen molar-refractivity contribution < 1.29 is 0 Å². The molecule has 0 spiro atoms. The SMILES string of the molecule is Cc1nc2ccc(-c3cnn(C)c3)cc2[nH]1. The minimum Gasteiger partial charge on any atom is -0.342 e. The maximum Gasteiger partial charge on any atom is 0.104 e. The number of fused-ring (bicyclic) bond motifs is 1. The summed E-state index contributed by atoms with van der Waals surface area (Å²) in [6, 6.07) is 6.20. The number of hydrogen-bond donors (Lipinski definition) is 1. The molecule has 80 valence electrons. The molecule has 1 N–H and O–H groups in total. The summed E-state index contributed by atoms with van der Waals surface area (Å²) >= 11 is 0. The number of aromatic nitrogens is 4. The first-order chi connectivity index (χ1) is 7.72. The number of aromatic amines is 1. The maximum atomic E-state index is 4.38. The van der Waals surface area contributed by atoms with Crippen molar-refractivity contribution in [2.75, 3.05) is 0 Å². The van der Waals surface area contributed by atoms with E-state index in [1.807, 2.05) is 32.4 Å². The number of H-pyrrole nitrogens is 1. The van der Waals surface area contributed by atoms with Crippen LogP contribution >= 0.6 is 0 Å². The number of aryl methyl sites for hydroxylation is 2. The van der Waals surface area contributed by atoms with E-state index in [9.17, 15) is 0 Å². The topological polar surface area (TPSA) is 46.5 Å². The van der Waals surface area contributed by atoms with Gasteiger partial charge in [-0.3, -0.25) is 4.68 Å². The Bertz CT molecular complexity index is 648. The molecule has 0 aliphatic rings. The van der Waals surface area contributed by atoms with Gasteiger partial charge in [-0.25, -0.2) is 4.98 Å². The van der Waals surface area contributed by atoms with Gasteiger partial charge in [0.2, 0.25) is 0 Å². The maximum absolute atomic E-state index is 4.38. The summed E-state index contributed by atoms with van der Waals surface area (Å²) in [6.45, 7) is 1.96. The van der Waals surface area contributed by atoms with Gasteiger partial charge in [0.05, 0.1) is 17.2 Å². The lowest BCUT2D eigenvalue weighted by Crippen LogP contribution is -1.84. The van der Waals surface area contributed by atoms with Crippen molar-refractivity contribution in [1.29, 1.82) is 0 Å². The van der Waals surface area contributed by atoms with Crippen LogP contribution in [0.3, 0.4) is 0 Å². The van der Waals surface area contributed by atoms with Gasteiger partial charge in [-0.1, -0.05) is 6.07 Å². The third-order valence-electron chi connectivity index (χ3n) is 2.64. The van der Waals surface area contributed by atoms with E-state index in [0.29, 0.717) is 0 Å². The average Bonchev–Trinajstić information content (AvgIpc) is 2.81. The Morgan fingerprint density at radius 2 is 2.12 bits per heavy atom. The molecule has 1 aromatic carbocycles. The number of hydrogen-bond acceptors (Lipinski definition) is 2. The summed E-state index contributed by atoms with van der Waals surface area (Å²) in [7, 11) is 1.92. The molecule has 0 unspecified atom stereocenters. The first-order valence-corrected chi connectivity index (χ1v) is 5.18. The van der Waals surface area contributed by atoms with E-state index in [4.69, 9.17) is 0 Å². The summed E-state index contributed by atoms with van der Waals surface area (Å²) in [4.78, 5) is 7.61. The predicted octanol–water partition coefficient (Wildman–Crippen LogP) is 2.27. The van der Waals surface area contributed by atoms with Gasteiger partial charge >= 0.3 is 0 Å². The zero-order valence-electron chi connectivity index (χ0n) is 9.23. The van der Waals surface area contributed by atoms with Crippen molar-refractivity contribution in [1.82, 2.24) is 19.7 Å². The number of imidazole rings is 1. The average molecular weight is 212 g/mol. The summed E-state index contributed by atoms with van der Waals surface area (Å²) in [5.41, 5.74) is 4.35. The highest BCUT2D eigenvalue weighted by atomic mass is 15.2. The molecule has 0 fully saturated rings. The van der Waals surface area contributed by atoms with Crippen molar-refractivity contribution in [2.24, 2.45) is 7.05 Å². The van der Waals surface area contributed by atoms with Gasteiger partial charge in [0, 0.05) is 18.8 Å². The molecule has 0 aliphatic carbocycles. The Labute approximate surface area is 92.9 Å². The standard InChI is InChI=1S/C12H12N4/c1-8-14-11-4-3-9(5-12(11)15-8)10-6-13-16(2)7-10/h3-7H,1-2H3,(H,14,15). The Kier molecular flexibility index (Phi) is 1.83. The van der Waals surface area contributed by atoms with Gasteiger partial charge in [0.1, 0.15) is 5.82 Å². The van der Waals surface area contributed by atoms with Crippen molar-refractivity contribution in [2.45, 2.75) is 6.92 Å². The molecule has 0 radical (unpaired) electrons. The third-order valence-corrected chi connectivity index (χ3v) is 2.64. The minimum absolute atomic E-state index is 0.943. The van der Waals surface area contributed by atoms with Crippen molar-refractivity contribution >= 4 is 11.0 Å². The minimum atomic E-state index is 0.943. The number of nitrogens with zero attached hydrogens (tertiary/aromatic N) is 3. The first kappa shape index (κ1) is 9.15. The Morgan fingerprint density at radius 1 is 1.25 bits per heavy atom. The van der Waals surface area contributed by atoms with Crippen LogP contribution in [0.5, 0.6) is 0 Å². The van der Waals surface area contributed by atoms with Gasteiger partial charge in [-0.15, -0.1) is 0 Å². The largest absolute Gasteiger partial charge is 0.342 e. The highest BCUT2D eigenvalue weighted by Gasteiger charge is 2.04. The molecule has 3 aromatic rings. The second-order valence-electron chi connectivity index (χ2n) is 3.96. The third kappa shape index (κ3) is 1.39. The van der Waals surface area contributed by atoms with Crippen LogP contribution in [-0.4, -0.2) is 19.7 Å². The van der Waals surface area contributed by atoms with Crippen LogP contribution in [0.25, 0.3) is 22.2 Å². The van der Waals surface area contributed by atoms with Gasteiger partial charge in [-0.05, 0) is 24.6 Å². The lowest BCUT2D eigenvalue weighted by molar-refractivity contribution is 0.768. The number of rotatable bonds is 1.